The molecule has 0 spiro atoms. The molecule has 1 heterocycles. The van der Waals surface area contributed by atoms with Crippen LogP contribution in [-0.2, 0) is 27.8 Å². The number of nitrogens with one attached hydrogen (secondary N) is 1. The second kappa shape index (κ2) is 13.8. The molecule has 3 aromatic rings. The Bertz CT molecular complexity index is 1400. The van der Waals surface area contributed by atoms with Gasteiger partial charge in [-0.2, -0.15) is 13.2 Å². The molecule has 0 aliphatic heterocycles. The average molecular weight is 582 g/mol. The number of nitrogens with zero attached hydrogens (tertiary/aromatic N) is 2. The molecule has 2 aromatic carbocycles. The normalized spacial score (nSPS) is 11.4. The number of carboxylic acids is 2. The molecule has 0 fully saturated rings. The molecule has 3 N–H and O–H groups in total. The summed E-state index contributed by atoms with van der Waals surface area (Å²) in [6.07, 6.45) is -2.88. The van der Waals surface area contributed by atoms with E-state index in [1.165, 1.54) is 12.3 Å². The first kappa shape index (κ1) is 32.1. The summed E-state index contributed by atoms with van der Waals surface area (Å²) in [6, 6.07) is 17.7. The van der Waals surface area contributed by atoms with E-state index >= 15 is 0 Å². The highest BCUT2D eigenvalue weighted by molar-refractivity contribution is 7.92. The summed E-state index contributed by atoms with van der Waals surface area (Å²) in [5.74, 6) is -3.18. The summed E-state index contributed by atoms with van der Waals surface area (Å²) in [7, 11) is -3.88. The maximum absolute atomic E-state index is 12.8. The van der Waals surface area contributed by atoms with E-state index in [2.05, 4.69) is 23.6 Å². The standard InChI is InChI=1S/C25H29N3O4S.C2HF3O2/c1-4-28(17-20-8-6-5-7-9-20)24-23(25(29)30)15-21(16-26-24)27-33(31,32)22-12-10-19(11-13-22)14-18(2)3;3-2(4,5)1(6)7/h5-13,15-16,18,27H,4,14,17H2,1-3H3,(H,29,30);(H,6,7). The van der Waals surface area contributed by atoms with Gasteiger partial charge in [0.1, 0.15) is 11.4 Å². The molecule has 3 rings (SSSR count). The number of hydrogen-bond donors (Lipinski definition) is 3. The molecule has 40 heavy (non-hydrogen) atoms. The number of alkyl halides is 3. The molecule has 0 unspecified atom stereocenters. The molecule has 0 aliphatic carbocycles. The van der Waals surface area contributed by atoms with Gasteiger partial charge in [-0.25, -0.2) is 23.0 Å². The topological polar surface area (TPSA) is 137 Å². The van der Waals surface area contributed by atoms with Crippen LogP contribution >= 0.6 is 0 Å². The van der Waals surface area contributed by atoms with Gasteiger partial charge in [0, 0.05) is 13.1 Å². The van der Waals surface area contributed by atoms with Crippen molar-refractivity contribution < 1.29 is 41.4 Å². The first-order valence-electron chi connectivity index (χ1n) is 12.1. The summed E-state index contributed by atoms with van der Waals surface area (Å²) < 4.78 is 59.9. The number of rotatable bonds is 10. The van der Waals surface area contributed by atoms with Crippen molar-refractivity contribution in [3.05, 3.63) is 83.6 Å². The predicted molar refractivity (Wildman–Crippen MR) is 144 cm³/mol. The zero-order valence-corrected chi connectivity index (χ0v) is 22.8. The van der Waals surface area contributed by atoms with Crippen LogP contribution in [0.5, 0.6) is 0 Å². The van der Waals surface area contributed by atoms with E-state index < -0.39 is 28.1 Å². The number of aromatic carboxylic acids is 1. The quantitative estimate of drug-likeness (QED) is 0.288. The van der Waals surface area contributed by atoms with Gasteiger partial charge >= 0.3 is 18.1 Å². The Balaban J connectivity index is 0.000000708. The minimum Gasteiger partial charge on any atom is -0.478 e. The molecular weight excluding hydrogens is 551 g/mol. The molecule has 9 nitrogen and oxygen atoms in total. The first-order valence-corrected chi connectivity index (χ1v) is 13.6. The van der Waals surface area contributed by atoms with E-state index in [-0.39, 0.29) is 22.0 Å². The summed E-state index contributed by atoms with van der Waals surface area (Å²) in [5, 5.41) is 16.9. The first-order chi connectivity index (χ1) is 18.6. The van der Waals surface area contributed by atoms with Gasteiger partial charge in [0.05, 0.1) is 16.8 Å². The van der Waals surface area contributed by atoms with E-state index in [4.69, 9.17) is 9.90 Å². The van der Waals surface area contributed by atoms with Crippen molar-refractivity contribution in [3.8, 4) is 0 Å². The van der Waals surface area contributed by atoms with Gasteiger partial charge in [0.15, 0.2) is 0 Å². The van der Waals surface area contributed by atoms with Crippen molar-refractivity contribution >= 4 is 33.5 Å². The summed E-state index contributed by atoms with van der Waals surface area (Å²) in [5.41, 5.74) is 2.10. The fourth-order valence-corrected chi connectivity index (χ4v) is 4.59. The number of anilines is 2. The van der Waals surface area contributed by atoms with Gasteiger partial charge in [0.2, 0.25) is 0 Å². The van der Waals surface area contributed by atoms with E-state index in [0.29, 0.717) is 19.0 Å². The minimum absolute atomic E-state index is 0.0692. The Hall–Kier alpha value is -4.13. The highest BCUT2D eigenvalue weighted by Crippen LogP contribution is 2.25. The predicted octanol–water partition coefficient (Wildman–Crippen LogP) is 5.44. The molecule has 0 radical (unpaired) electrons. The summed E-state index contributed by atoms with van der Waals surface area (Å²) >= 11 is 0. The zero-order chi connectivity index (χ0) is 30.1. The lowest BCUT2D eigenvalue weighted by Gasteiger charge is -2.24. The third-order valence-electron chi connectivity index (χ3n) is 5.37. The number of carbonyl (C=O) groups is 2. The highest BCUT2D eigenvalue weighted by atomic mass is 32.2. The van der Waals surface area contributed by atoms with Crippen LogP contribution in [0, 0.1) is 5.92 Å². The monoisotopic (exact) mass is 581 g/mol. The molecule has 0 saturated carbocycles. The molecule has 0 atom stereocenters. The lowest BCUT2D eigenvalue weighted by Crippen LogP contribution is -2.25. The lowest BCUT2D eigenvalue weighted by atomic mass is 10.0. The van der Waals surface area contributed by atoms with Gasteiger partial charge < -0.3 is 15.1 Å². The Kier molecular flexibility index (Phi) is 11.1. The average Bonchev–Trinajstić information content (AvgIpc) is 2.87. The number of aliphatic carboxylic acids is 1. The molecule has 216 valence electrons. The maximum Gasteiger partial charge on any atom is 0.490 e. The van der Waals surface area contributed by atoms with Crippen molar-refractivity contribution in [2.45, 2.75) is 44.8 Å². The number of benzene rings is 2. The molecule has 0 saturated heterocycles. The van der Waals surface area contributed by atoms with Crippen LogP contribution in [0.2, 0.25) is 0 Å². The van der Waals surface area contributed by atoms with Gasteiger partial charge in [-0.3, -0.25) is 4.72 Å². The molecule has 13 heteroatoms. The fraction of sp³-hybridized carbons (Fsp3) is 0.296. The summed E-state index contributed by atoms with van der Waals surface area (Å²) in [4.78, 5) is 27.1. The van der Waals surface area contributed by atoms with Gasteiger partial charge in [-0.15, -0.1) is 0 Å². The molecule has 0 amide bonds. The van der Waals surface area contributed by atoms with Gasteiger partial charge in [0.25, 0.3) is 10.0 Å². The van der Waals surface area contributed by atoms with Crippen molar-refractivity contribution in [2.75, 3.05) is 16.2 Å². The SMILES string of the molecule is CCN(Cc1ccccc1)c1ncc(NS(=O)(=O)c2ccc(CC(C)C)cc2)cc1C(=O)O.O=C(O)C(F)(F)F. The van der Waals surface area contributed by atoms with Crippen LogP contribution < -0.4 is 9.62 Å². The maximum atomic E-state index is 12.8. The Morgan fingerprint density at radius 1 is 1.00 bits per heavy atom. The van der Waals surface area contributed by atoms with Gasteiger partial charge in [-0.1, -0.05) is 56.3 Å². The highest BCUT2D eigenvalue weighted by Gasteiger charge is 2.38. The van der Waals surface area contributed by atoms with E-state index in [9.17, 15) is 31.5 Å². The third-order valence-corrected chi connectivity index (χ3v) is 6.76. The molecule has 1 aromatic heterocycles. The summed E-state index contributed by atoms with van der Waals surface area (Å²) in [6.45, 7) is 7.13. The minimum atomic E-state index is -5.08. The van der Waals surface area contributed by atoms with E-state index in [0.717, 1.165) is 17.5 Å². The second-order valence-corrected chi connectivity index (χ2v) is 10.7. The zero-order valence-electron chi connectivity index (χ0n) is 22.0. The van der Waals surface area contributed by atoms with Crippen molar-refractivity contribution in [3.63, 3.8) is 0 Å². The Labute approximate surface area is 230 Å². The number of aromatic nitrogens is 1. The van der Waals surface area contributed by atoms with Crippen LogP contribution in [-0.4, -0.2) is 48.3 Å². The molecule has 0 bridgehead atoms. The van der Waals surface area contributed by atoms with Crippen LogP contribution in [0.15, 0.2) is 71.8 Å². The number of halogens is 3. The van der Waals surface area contributed by atoms with E-state index in [1.54, 1.807) is 24.3 Å². The fourth-order valence-electron chi connectivity index (χ4n) is 3.55. The van der Waals surface area contributed by atoms with Crippen LogP contribution in [0.4, 0.5) is 24.7 Å². The van der Waals surface area contributed by atoms with Crippen LogP contribution in [0.3, 0.4) is 0 Å². The van der Waals surface area contributed by atoms with Crippen molar-refractivity contribution in [1.82, 2.24) is 4.98 Å². The van der Waals surface area contributed by atoms with E-state index in [1.807, 2.05) is 42.2 Å². The Morgan fingerprint density at radius 2 is 1.57 bits per heavy atom. The lowest BCUT2D eigenvalue weighted by molar-refractivity contribution is -0.192. The van der Waals surface area contributed by atoms with Gasteiger partial charge in [-0.05, 0) is 48.6 Å². The number of pyridine rings is 1. The second-order valence-electron chi connectivity index (χ2n) is 9.05. The Morgan fingerprint density at radius 3 is 2.05 bits per heavy atom. The van der Waals surface area contributed by atoms with Crippen LogP contribution in [0.1, 0.15) is 42.3 Å². The number of carboxylic acid groups (broad SMARTS) is 2. The largest absolute Gasteiger partial charge is 0.490 e. The molecular formula is C27H30F3N3O6S. The number of hydrogen-bond acceptors (Lipinski definition) is 6. The molecule has 0 aliphatic rings. The number of sulfonamides is 1. The van der Waals surface area contributed by atoms with Crippen molar-refractivity contribution in [2.24, 2.45) is 5.92 Å². The van der Waals surface area contributed by atoms with Crippen LogP contribution in [0.25, 0.3) is 0 Å². The van der Waals surface area contributed by atoms with Crippen molar-refractivity contribution in [1.29, 1.82) is 0 Å². The smallest absolute Gasteiger partial charge is 0.478 e. The third kappa shape index (κ3) is 9.56.